The van der Waals surface area contributed by atoms with E-state index in [0.717, 1.165) is 0 Å². The number of carbonyl (C=O) groups excluding carboxylic acids is 1. The lowest BCUT2D eigenvalue weighted by atomic mass is 10.2. The molecule has 6 heteroatoms. The van der Waals surface area contributed by atoms with Gasteiger partial charge < -0.3 is 10.5 Å². The minimum Gasteiger partial charge on any atom is -0.457 e. The second-order valence-electron chi connectivity index (χ2n) is 4.02. The van der Waals surface area contributed by atoms with Gasteiger partial charge in [-0.15, -0.1) is 0 Å². The third-order valence-electron chi connectivity index (χ3n) is 2.62. The molecule has 0 amide bonds. The smallest absolute Gasteiger partial charge is 0.341 e. The Bertz CT molecular complexity index is 659. The Balaban J connectivity index is 2.13. The van der Waals surface area contributed by atoms with Crippen LogP contribution in [-0.4, -0.2) is 5.97 Å². The van der Waals surface area contributed by atoms with Crippen molar-refractivity contribution in [3.05, 3.63) is 65.0 Å². The molecule has 0 aliphatic rings. The zero-order valence-corrected chi connectivity index (χ0v) is 10.2. The van der Waals surface area contributed by atoms with Crippen molar-refractivity contribution in [3.63, 3.8) is 0 Å². The van der Waals surface area contributed by atoms with Crippen LogP contribution >= 0.6 is 0 Å². The molecule has 0 spiro atoms. The van der Waals surface area contributed by atoms with Crippen LogP contribution in [0, 0.1) is 17.5 Å². The van der Waals surface area contributed by atoms with E-state index in [1.165, 1.54) is 18.2 Å². The molecule has 0 unspecified atom stereocenters. The van der Waals surface area contributed by atoms with Crippen molar-refractivity contribution >= 4 is 11.7 Å². The highest BCUT2D eigenvalue weighted by Crippen LogP contribution is 2.18. The van der Waals surface area contributed by atoms with Gasteiger partial charge in [-0.1, -0.05) is 18.2 Å². The molecule has 2 rings (SSSR count). The van der Waals surface area contributed by atoms with Crippen LogP contribution in [0.2, 0.25) is 0 Å². The summed E-state index contributed by atoms with van der Waals surface area (Å²) in [5.41, 5.74) is 4.30. The predicted octanol–water partition coefficient (Wildman–Crippen LogP) is 3.04. The lowest BCUT2D eigenvalue weighted by Crippen LogP contribution is -2.09. The molecule has 0 bridgehead atoms. The minimum atomic E-state index is -1.09. The standard InChI is InChI=1S/C14H10F3NO2/c15-10-4-2-1-3-8(10)7-20-14(19)9-5-12(17)13(18)6-11(9)16/h1-6H,7,18H2. The van der Waals surface area contributed by atoms with Crippen LogP contribution < -0.4 is 5.73 Å². The van der Waals surface area contributed by atoms with Crippen LogP contribution in [0.4, 0.5) is 18.9 Å². The summed E-state index contributed by atoms with van der Waals surface area (Å²) in [7, 11) is 0. The number of hydrogen-bond donors (Lipinski definition) is 1. The molecule has 3 nitrogen and oxygen atoms in total. The molecular weight excluding hydrogens is 271 g/mol. The van der Waals surface area contributed by atoms with E-state index in [1.54, 1.807) is 6.07 Å². The average molecular weight is 281 g/mol. The first-order chi connectivity index (χ1) is 9.49. The van der Waals surface area contributed by atoms with Gasteiger partial charge in [-0.05, 0) is 12.1 Å². The van der Waals surface area contributed by atoms with Crippen LogP contribution in [0.25, 0.3) is 0 Å². The number of halogens is 3. The van der Waals surface area contributed by atoms with Crippen molar-refractivity contribution in [2.45, 2.75) is 6.61 Å². The number of rotatable bonds is 3. The second-order valence-corrected chi connectivity index (χ2v) is 4.02. The number of hydrogen-bond acceptors (Lipinski definition) is 3. The number of carbonyl (C=O) groups is 1. The monoisotopic (exact) mass is 281 g/mol. The molecule has 0 saturated heterocycles. The van der Waals surface area contributed by atoms with Crippen molar-refractivity contribution in [1.82, 2.24) is 0 Å². The molecule has 0 aliphatic heterocycles. The van der Waals surface area contributed by atoms with Gasteiger partial charge in [-0.25, -0.2) is 18.0 Å². The summed E-state index contributed by atoms with van der Waals surface area (Å²) in [6.45, 7) is -0.378. The van der Waals surface area contributed by atoms with Crippen molar-refractivity contribution < 1.29 is 22.7 Å². The van der Waals surface area contributed by atoms with Gasteiger partial charge in [0.15, 0.2) is 0 Å². The molecule has 2 N–H and O–H groups in total. The molecule has 0 aromatic heterocycles. The Kier molecular flexibility index (Phi) is 3.93. The lowest BCUT2D eigenvalue weighted by molar-refractivity contribution is 0.0463. The van der Waals surface area contributed by atoms with Crippen molar-refractivity contribution in [2.75, 3.05) is 5.73 Å². The fraction of sp³-hybridized carbons (Fsp3) is 0.0714. The number of esters is 1. The van der Waals surface area contributed by atoms with Crippen LogP contribution in [0.1, 0.15) is 15.9 Å². The molecule has 0 radical (unpaired) electrons. The molecular formula is C14H10F3NO2. The zero-order chi connectivity index (χ0) is 14.7. The molecule has 0 saturated carbocycles. The summed E-state index contributed by atoms with van der Waals surface area (Å²) in [6, 6.07) is 7.00. The van der Waals surface area contributed by atoms with Crippen molar-refractivity contribution in [1.29, 1.82) is 0 Å². The summed E-state index contributed by atoms with van der Waals surface area (Å²) >= 11 is 0. The number of ether oxygens (including phenoxy) is 1. The van der Waals surface area contributed by atoms with Crippen LogP contribution in [0.5, 0.6) is 0 Å². The molecule has 0 fully saturated rings. The summed E-state index contributed by atoms with van der Waals surface area (Å²) in [5.74, 6) is -3.57. The first-order valence-electron chi connectivity index (χ1n) is 5.64. The highest BCUT2D eigenvalue weighted by molar-refractivity contribution is 5.90. The van der Waals surface area contributed by atoms with E-state index in [9.17, 15) is 18.0 Å². The lowest BCUT2D eigenvalue weighted by Gasteiger charge is -2.07. The maximum absolute atomic E-state index is 13.5. The quantitative estimate of drug-likeness (QED) is 0.695. The molecule has 0 atom stereocenters. The SMILES string of the molecule is Nc1cc(F)c(C(=O)OCc2ccccc2F)cc1F. The Labute approximate surface area is 112 Å². The van der Waals surface area contributed by atoms with Gasteiger partial charge >= 0.3 is 5.97 Å². The minimum absolute atomic E-state index is 0.136. The summed E-state index contributed by atoms with van der Waals surface area (Å²) in [6.07, 6.45) is 0. The van der Waals surface area contributed by atoms with Gasteiger partial charge in [-0.3, -0.25) is 0 Å². The Morgan fingerprint density at radius 3 is 2.45 bits per heavy atom. The maximum Gasteiger partial charge on any atom is 0.341 e. The number of benzene rings is 2. The van der Waals surface area contributed by atoms with Crippen molar-refractivity contribution in [3.8, 4) is 0 Å². The van der Waals surface area contributed by atoms with Crippen LogP contribution in [0.3, 0.4) is 0 Å². The molecule has 0 aliphatic carbocycles. The topological polar surface area (TPSA) is 52.3 Å². The highest BCUT2D eigenvalue weighted by atomic mass is 19.1. The second kappa shape index (κ2) is 5.64. The van der Waals surface area contributed by atoms with Gasteiger partial charge in [0.2, 0.25) is 0 Å². The van der Waals surface area contributed by atoms with E-state index < -0.39 is 34.7 Å². The molecule has 20 heavy (non-hydrogen) atoms. The largest absolute Gasteiger partial charge is 0.457 e. The fourth-order valence-corrected chi connectivity index (χ4v) is 1.56. The molecule has 0 heterocycles. The van der Waals surface area contributed by atoms with Gasteiger partial charge in [-0.2, -0.15) is 0 Å². The fourth-order valence-electron chi connectivity index (χ4n) is 1.56. The van der Waals surface area contributed by atoms with E-state index in [2.05, 4.69) is 0 Å². The van der Waals surface area contributed by atoms with Gasteiger partial charge in [0.05, 0.1) is 11.3 Å². The van der Waals surface area contributed by atoms with Crippen LogP contribution in [-0.2, 0) is 11.3 Å². The van der Waals surface area contributed by atoms with E-state index in [4.69, 9.17) is 10.5 Å². The zero-order valence-electron chi connectivity index (χ0n) is 10.2. The summed E-state index contributed by atoms with van der Waals surface area (Å²) in [5, 5.41) is 0. The van der Waals surface area contributed by atoms with E-state index >= 15 is 0 Å². The summed E-state index contributed by atoms with van der Waals surface area (Å²) in [4.78, 5) is 11.6. The molecule has 104 valence electrons. The number of nitrogens with two attached hydrogens (primary N) is 1. The molecule has 2 aromatic carbocycles. The Morgan fingerprint density at radius 2 is 1.75 bits per heavy atom. The first-order valence-corrected chi connectivity index (χ1v) is 5.64. The van der Waals surface area contributed by atoms with Gasteiger partial charge in [0, 0.05) is 11.6 Å². The Hall–Kier alpha value is -2.50. The molecule has 2 aromatic rings. The number of nitrogen functional groups attached to an aromatic ring is 1. The van der Waals surface area contributed by atoms with E-state index in [1.807, 2.05) is 0 Å². The van der Waals surface area contributed by atoms with Gasteiger partial charge in [0.1, 0.15) is 24.1 Å². The normalized spacial score (nSPS) is 10.3. The van der Waals surface area contributed by atoms with Crippen LogP contribution in [0.15, 0.2) is 36.4 Å². The maximum atomic E-state index is 13.5. The van der Waals surface area contributed by atoms with E-state index in [-0.39, 0.29) is 12.2 Å². The van der Waals surface area contributed by atoms with Crippen molar-refractivity contribution in [2.24, 2.45) is 0 Å². The third-order valence-corrected chi connectivity index (χ3v) is 2.62. The van der Waals surface area contributed by atoms with Gasteiger partial charge in [0.25, 0.3) is 0 Å². The Morgan fingerprint density at radius 1 is 1.05 bits per heavy atom. The predicted molar refractivity (Wildman–Crippen MR) is 66.3 cm³/mol. The summed E-state index contributed by atoms with van der Waals surface area (Å²) < 4.78 is 44.7. The number of anilines is 1. The van der Waals surface area contributed by atoms with E-state index in [0.29, 0.717) is 12.1 Å². The average Bonchev–Trinajstić information content (AvgIpc) is 2.41. The third kappa shape index (κ3) is 2.90. The first kappa shape index (κ1) is 13.9. The highest BCUT2D eigenvalue weighted by Gasteiger charge is 2.17.